The minimum absolute atomic E-state index is 0.0361. The zero-order valence-corrected chi connectivity index (χ0v) is 14.9. The van der Waals surface area contributed by atoms with E-state index >= 15 is 0 Å². The summed E-state index contributed by atoms with van der Waals surface area (Å²) in [6.45, 7) is 6.45. The van der Waals surface area contributed by atoms with Crippen LogP contribution in [0.4, 0.5) is 13.2 Å². The SMILES string of the molecule is CC(C)(C)c1ccc(OCC(=O)NCCn2ccc(C(F)(F)F)n2)cc1. The third kappa shape index (κ3) is 5.79. The molecule has 0 aliphatic rings. The standard InChI is InChI=1S/C18H22F3N3O2/c1-17(2,3)13-4-6-14(7-5-13)26-12-16(25)22-9-11-24-10-8-15(23-24)18(19,20)21/h4-8,10H,9,11-12H2,1-3H3,(H,22,25). The number of carbonyl (C=O) groups excluding carboxylic acids is 1. The number of hydrogen-bond donors (Lipinski definition) is 1. The number of halogens is 3. The number of rotatable bonds is 6. The molecule has 0 atom stereocenters. The first kappa shape index (κ1) is 19.8. The molecule has 0 unspecified atom stereocenters. The summed E-state index contributed by atoms with van der Waals surface area (Å²) in [6, 6.07) is 8.39. The summed E-state index contributed by atoms with van der Waals surface area (Å²) in [6.07, 6.45) is -3.24. The summed E-state index contributed by atoms with van der Waals surface area (Å²) in [4.78, 5) is 11.8. The normalized spacial score (nSPS) is 12.1. The molecule has 1 amide bonds. The largest absolute Gasteiger partial charge is 0.484 e. The molecule has 0 spiro atoms. The van der Waals surface area contributed by atoms with E-state index in [4.69, 9.17) is 4.74 Å². The van der Waals surface area contributed by atoms with Crippen LogP contribution in [0, 0.1) is 0 Å². The maximum absolute atomic E-state index is 12.4. The first-order chi connectivity index (χ1) is 12.1. The summed E-state index contributed by atoms with van der Waals surface area (Å²) in [5.74, 6) is 0.225. The predicted molar refractivity (Wildman–Crippen MR) is 90.9 cm³/mol. The number of benzene rings is 1. The topological polar surface area (TPSA) is 56.1 Å². The Labute approximate surface area is 150 Å². The molecule has 8 heteroatoms. The van der Waals surface area contributed by atoms with Gasteiger partial charge in [-0.15, -0.1) is 0 Å². The van der Waals surface area contributed by atoms with Crippen LogP contribution in [0.15, 0.2) is 36.5 Å². The smallest absolute Gasteiger partial charge is 0.435 e. The molecule has 2 rings (SSSR count). The molecule has 1 aromatic carbocycles. The van der Waals surface area contributed by atoms with Gasteiger partial charge in [-0.1, -0.05) is 32.9 Å². The van der Waals surface area contributed by atoms with Crippen molar-refractivity contribution in [3.05, 3.63) is 47.8 Å². The number of nitrogens with one attached hydrogen (secondary N) is 1. The van der Waals surface area contributed by atoms with E-state index in [0.29, 0.717) is 5.75 Å². The molecular formula is C18H22F3N3O2. The van der Waals surface area contributed by atoms with Gasteiger partial charge < -0.3 is 10.1 Å². The van der Waals surface area contributed by atoms with E-state index in [1.165, 1.54) is 6.20 Å². The van der Waals surface area contributed by atoms with Crippen molar-refractivity contribution in [2.24, 2.45) is 0 Å². The number of nitrogens with zero attached hydrogens (tertiary/aromatic N) is 2. The highest BCUT2D eigenvalue weighted by Crippen LogP contribution is 2.27. The maximum Gasteiger partial charge on any atom is 0.435 e. The average Bonchev–Trinajstić information content (AvgIpc) is 3.02. The third-order valence-corrected chi connectivity index (χ3v) is 3.68. The molecule has 1 heterocycles. The Morgan fingerprint density at radius 1 is 1.15 bits per heavy atom. The molecule has 0 aliphatic heterocycles. The molecular weight excluding hydrogens is 347 g/mol. The van der Waals surface area contributed by atoms with Gasteiger partial charge in [0.2, 0.25) is 0 Å². The molecule has 2 aromatic rings. The second-order valence-electron chi connectivity index (χ2n) is 6.87. The second-order valence-corrected chi connectivity index (χ2v) is 6.87. The highest BCUT2D eigenvalue weighted by Gasteiger charge is 2.33. The molecule has 0 fully saturated rings. The van der Waals surface area contributed by atoms with Gasteiger partial charge in [0.15, 0.2) is 12.3 Å². The minimum Gasteiger partial charge on any atom is -0.484 e. The van der Waals surface area contributed by atoms with Crippen LogP contribution in [0.25, 0.3) is 0 Å². The predicted octanol–water partition coefficient (Wildman–Crippen LogP) is 3.39. The second kappa shape index (κ2) is 7.80. The molecule has 5 nitrogen and oxygen atoms in total. The summed E-state index contributed by atoms with van der Waals surface area (Å²) in [7, 11) is 0. The van der Waals surface area contributed by atoms with Gasteiger partial charge in [-0.25, -0.2) is 0 Å². The summed E-state index contributed by atoms with van der Waals surface area (Å²) in [5.41, 5.74) is 0.242. The summed E-state index contributed by atoms with van der Waals surface area (Å²) >= 11 is 0. The summed E-state index contributed by atoms with van der Waals surface area (Å²) in [5, 5.41) is 5.99. The van der Waals surface area contributed by atoms with Crippen LogP contribution >= 0.6 is 0 Å². The lowest BCUT2D eigenvalue weighted by molar-refractivity contribution is -0.141. The van der Waals surface area contributed by atoms with Crippen molar-refractivity contribution >= 4 is 5.91 Å². The van der Waals surface area contributed by atoms with Gasteiger partial charge in [0.25, 0.3) is 5.91 Å². The third-order valence-electron chi connectivity index (χ3n) is 3.68. The molecule has 1 N–H and O–H groups in total. The van der Waals surface area contributed by atoms with E-state index in [1.54, 1.807) is 12.1 Å². The van der Waals surface area contributed by atoms with Gasteiger partial charge in [0.1, 0.15) is 5.75 Å². The number of hydrogen-bond acceptors (Lipinski definition) is 3. The van der Waals surface area contributed by atoms with Gasteiger partial charge in [-0.05, 0) is 29.2 Å². The molecule has 1 aromatic heterocycles. The maximum atomic E-state index is 12.4. The highest BCUT2D eigenvalue weighted by molar-refractivity contribution is 5.77. The Bertz CT molecular complexity index is 731. The Hall–Kier alpha value is -2.51. The fourth-order valence-corrected chi connectivity index (χ4v) is 2.20. The number of carbonyl (C=O) groups is 1. The number of alkyl halides is 3. The lowest BCUT2D eigenvalue weighted by Gasteiger charge is -2.19. The average molecular weight is 369 g/mol. The minimum atomic E-state index is -4.47. The van der Waals surface area contributed by atoms with Crippen LogP contribution in [0.3, 0.4) is 0 Å². The molecule has 0 radical (unpaired) electrons. The van der Waals surface area contributed by atoms with Crippen molar-refractivity contribution < 1.29 is 22.7 Å². The van der Waals surface area contributed by atoms with Crippen LogP contribution in [0.1, 0.15) is 32.0 Å². The van der Waals surface area contributed by atoms with Crippen molar-refractivity contribution in [1.82, 2.24) is 15.1 Å². The first-order valence-corrected chi connectivity index (χ1v) is 8.16. The zero-order valence-electron chi connectivity index (χ0n) is 14.9. The van der Waals surface area contributed by atoms with Crippen LogP contribution in [0.5, 0.6) is 5.75 Å². The Morgan fingerprint density at radius 3 is 2.35 bits per heavy atom. The fourth-order valence-electron chi connectivity index (χ4n) is 2.20. The van der Waals surface area contributed by atoms with Crippen LogP contribution < -0.4 is 10.1 Å². The number of ether oxygens (including phenoxy) is 1. The fraction of sp³-hybridized carbons (Fsp3) is 0.444. The van der Waals surface area contributed by atoms with Crippen molar-refractivity contribution in [1.29, 1.82) is 0 Å². The molecule has 0 saturated carbocycles. The van der Waals surface area contributed by atoms with Gasteiger partial charge in [-0.3, -0.25) is 9.48 Å². The molecule has 26 heavy (non-hydrogen) atoms. The zero-order chi connectivity index (χ0) is 19.4. The van der Waals surface area contributed by atoms with E-state index in [0.717, 1.165) is 16.3 Å². The lowest BCUT2D eigenvalue weighted by Crippen LogP contribution is -2.31. The monoisotopic (exact) mass is 369 g/mol. The van der Waals surface area contributed by atoms with Crippen molar-refractivity contribution in [2.75, 3.05) is 13.2 Å². The first-order valence-electron chi connectivity index (χ1n) is 8.16. The van der Waals surface area contributed by atoms with Gasteiger partial charge in [0, 0.05) is 12.7 Å². The van der Waals surface area contributed by atoms with Crippen LogP contribution in [-0.2, 0) is 22.9 Å². The highest BCUT2D eigenvalue weighted by atomic mass is 19.4. The van der Waals surface area contributed by atoms with Crippen molar-refractivity contribution in [3.8, 4) is 5.75 Å². The molecule has 0 aliphatic carbocycles. The Morgan fingerprint density at radius 2 is 1.81 bits per heavy atom. The van der Waals surface area contributed by atoms with Crippen LogP contribution in [-0.4, -0.2) is 28.8 Å². The van der Waals surface area contributed by atoms with Crippen molar-refractivity contribution in [2.45, 2.75) is 38.9 Å². The van der Waals surface area contributed by atoms with Crippen molar-refractivity contribution in [3.63, 3.8) is 0 Å². The Kier molecular flexibility index (Phi) is 5.94. The van der Waals surface area contributed by atoms with Gasteiger partial charge in [-0.2, -0.15) is 18.3 Å². The summed E-state index contributed by atoms with van der Waals surface area (Å²) < 4.78 is 43.9. The van der Waals surface area contributed by atoms with E-state index in [1.807, 2.05) is 12.1 Å². The lowest BCUT2D eigenvalue weighted by atomic mass is 9.87. The van der Waals surface area contributed by atoms with E-state index in [9.17, 15) is 18.0 Å². The van der Waals surface area contributed by atoms with E-state index < -0.39 is 11.9 Å². The molecule has 0 saturated heterocycles. The number of amides is 1. The van der Waals surface area contributed by atoms with Gasteiger partial charge >= 0.3 is 6.18 Å². The van der Waals surface area contributed by atoms with E-state index in [-0.39, 0.29) is 31.0 Å². The van der Waals surface area contributed by atoms with Gasteiger partial charge in [0.05, 0.1) is 6.54 Å². The Balaban J connectivity index is 1.73. The van der Waals surface area contributed by atoms with Crippen LogP contribution in [0.2, 0.25) is 0 Å². The number of aromatic nitrogens is 2. The van der Waals surface area contributed by atoms with E-state index in [2.05, 4.69) is 31.2 Å². The molecule has 142 valence electrons. The molecule has 0 bridgehead atoms. The quantitative estimate of drug-likeness (QED) is 0.849.